The highest BCUT2D eigenvalue weighted by molar-refractivity contribution is 5.50. The second kappa shape index (κ2) is 10.2. The minimum absolute atomic E-state index is 0.542. The average Bonchev–Trinajstić information content (AvgIpc) is 2.70. The van der Waals surface area contributed by atoms with Gasteiger partial charge in [-0.2, -0.15) is 0 Å². The van der Waals surface area contributed by atoms with E-state index in [1.165, 1.54) is 16.8 Å². The van der Waals surface area contributed by atoms with Crippen molar-refractivity contribution in [3.63, 3.8) is 0 Å². The third kappa shape index (κ3) is 4.80. The fourth-order valence-corrected chi connectivity index (χ4v) is 1.80. The van der Waals surface area contributed by atoms with Crippen LogP contribution in [-0.4, -0.2) is 17.5 Å². The molecule has 0 spiro atoms. The van der Waals surface area contributed by atoms with Crippen molar-refractivity contribution >= 4 is 0 Å². The van der Waals surface area contributed by atoms with Gasteiger partial charge in [0.1, 0.15) is 0 Å². The summed E-state index contributed by atoms with van der Waals surface area (Å²) in [5.41, 5.74) is 3.89. The van der Waals surface area contributed by atoms with Gasteiger partial charge in [0.15, 0.2) is 0 Å². The third-order valence-corrected chi connectivity index (χ3v) is 2.60. The van der Waals surface area contributed by atoms with Gasteiger partial charge in [0, 0.05) is 18.3 Å². The van der Waals surface area contributed by atoms with E-state index in [9.17, 15) is 0 Å². The zero-order valence-corrected chi connectivity index (χ0v) is 13.1. The molecule has 0 aromatic heterocycles. The molecule has 0 unspecified atom stereocenters. The largest absolute Gasteiger partial charge is 0.365 e. The number of rotatable bonds is 1. The monoisotopic (exact) mass is 237 g/mol. The van der Waals surface area contributed by atoms with E-state index in [4.69, 9.17) is 0 Å². The van der Waals surface area contributed by atoms with Crippen LogP contribution >= 0.6 is 0 Å². The standard InChI is InChI=1S/C12H19N.2C2H6/c1-6-11-8-13(9(3)4)10(5)12(11)7-2;2*1-2/h6-7,9H,5,8H2,1-4H3;2*1-2H3/b11-6-,12-7-;;. The molecule has 0 N–H and O–H groups in total. The normalized spacial score (nSPS) is 19.1. The first-order valence-corrected chi connectivity index (χ1v) is 6.89. The maximum Gasteiger partial charge on any atom is 0.0435 e. The molecule has 0 amide bonds. The molecule has 1 heterocycles. The second-order valence-corrected chi connectivity index (χ2v) is 3.68. The maximum atomic E-state index is 4.12. The molecule has 0 bridgehead atoms. The minimum atomic E-state index is 0.542. The van der Waals surface area contributed by atoms with Crippen molar-refractivity contribution in [2.75, 3.05) is 6.54 Å². The van der Waals surface area contributed by atoms with Gasteiger partial charge in [-0.25, -0.2) is 0 Å². The van der Waals surface area contributed by atoms with E-state index in [0.717, 1.165) is 6.54 Å². The van der Waals surface area contributed by atoms with Gasteiger partial charge in [-0.15, -0.1) is 0 Å². The average molecular weight is 237 g/mol. The molecule has 1 rings (SSSR count). The van der Waals surface area contributed by atoms with E-state index in [1.54, 1.807) is 0 Å². The van der Waals surface area contributed by atoms with Crippen LogP contribution in [-0.2, 0) is 0 Å². The smallest absolute Gasteiger partial charge is 0.0435 e. The summed E-state index contributed by atoms with van der Waals surface area (Å²) in [7, 11) is 0. The molecular formula is C16H31N. The Morgan fingerprint density at radius 3 is 1.76 bits per heavy atom. The van der Waals surface area contributed by atoms with Gasteiger partial charge in [0.25, 0.3) is 0 Å². The Morgan fingerprint density at radius 2 is 1.53 bits per heavy atom. The van der Waals surface area contributed by atoms with Gasteiger partial charge in [-0.05, 0) is 38.8 Å². The molecule has 17 heavy (non-hydrogen) atoms. The van der Waals surface area contributed by atoms with Crippen LogP contribution in [0.3, 0.4) is 0 Å². The zero-order valence-electron chi connectivity index (χ0n) is 13.1. The van der Waals surface area contributed by atoms with Gasteiger partial charge in [0.05, 0.1) is 0 Å². The quantitative estimate of drug-likeness (QED) is 0.608. The second-order valence-electron chi connectivity index (χ2n) is 3.68. The van der Waals surface area contributed by atoms with Crippen molar-refractivity contribution in [1.29, 1.82) is 0 Å². The highest BCUT2D eigenvalue weighted by Gasteiger charge is 2.25. The molecule has 1 fully saturated rings. The van der Waals surface area contributed by atoms with Crippen molar-refractivity contribution in [2.45, 2.75) is 61.4 Å². The van der Waals surface area contributed by atoms with Crippen LogP contribution in [0.25, 0.3) is 0 Å². The first-order chi connectivity index (χ1) is 8.11. The van der Waals surface area contributed by atoms with Crippen molar-refractivity contribution in [2.24, 2.45) is 0 Å². The van der Waals surface area contributed by atoms with Gasteiger partial charge >= 0.3 is 0 Å². The van der Waals surface area contributed by atoms with Crippen molar-refractivity contribution in [3.05, 3.63) is 35.6 Å². The molecule has 1 saturated heterocycles. The molecule has 0 aromatic rings. The number of likely N-dealkylation sites (tertiary alicyclic amines) is 1. The fourth-order valence-electron chi connectivity index (χ4n) is 1.80. The van der Waals surface area contributed by atoms with Gasteiger partial charge in [-0.3, -0.25) is 0 Å². The summed E-state index contributed by atoms with van der Waals surface area (Å²) in [6, 6.07) is 0.542. The Kier molecular flexibility index (Phi) is 11.0. The molecule has 1 nitrogen and oxygen atoms in total. The zero-order chi connectivity index (χ0) is 14.0. The summed E-state index contributed by atoms with van der Waals surface area (Å²) in [5.74, 6) is 0. The Morgan fingerprint density at radius 1 is 1.06 bits per heavy atom. The van der Waals surface area contributed by atoms with Crippen molar-refractivity contribution in [3.8, 4) is 0 Å². The topological polar surface area (TPSA) is 3.24 Å². The first-order valence-electron chi connectivity index (χ1n) is 6.89. The molecule has 100 valence electrons. The van der Waals surface area contributed by atoms with Crippen LogP contribution in [0, 0.1) is 0 Å². The summed E-state index contributed by atoms with van der Waals surface area (Å²) in [5, 5.41) is 0. The van der Waals surface area contributed by atoms with Gasteiger partial charge in [-0.1, -0.05) is 46.4 Å². The van der Waals surface area contributed by atoms with Crippen LogP contribution < -0.4 is 0 Å². The van der Waals surface area contributed by atoms with E-state index in [0.29, 0.717) is 6.04 Å². The molecule has 0 saturated carbocycles. The molecule has 0 radical (unpaired) electrons. The van der Waals surface area contributed by atoms with E-state index < -0.39 is 0 Å². The lowest BCUT2D eigenvalue weighted by Gasteiger charge is -2.23. The maximum absolute atomic E-state index is 4.12. The Bertz CT molecular complexity index is 269. The number of nitrogens with zero attached hydrogens (tertiary/aromatic N) is 1. The van der Waals surface area contributed by atoms with Crippen LogP contribution in [0.1, 0.15) is 55.4 Å². The SMILES string of the molecule is C=C1C(=C/C)/C(=C\C)CN1C(C)C.CC.CC. The molecule has 1 heteroatoms. The molecule has 0 atom stereocenters. The van der Waals surface area contributed by atoms with E-state index >= 15 is 0 Å². The van der Waals surface area contributed by atoms with Gasteiger partial charge < -0.3 is 4.90 Å². The molecular weight excluding hydrogens is 206 g/mol. The lowest BCUT2D eigenvalue weighted by Crippen LogP contribution is -2.25. The molecule has 0 aromatic carbocycles. The number of hydrogen-bond donors (Lipinski definition) is 0. The molecule has 1 aliphatic rings. The summed E-state index contributed by atoms with van der Waals surface area (Å²) in [4.78, 5) is 2.34. The summed E-state index contributed by atoms with van der Waals surface area (Å²) in [6.45, 7) is 21.7. The number of allylic oxidation sites excluding steroid dienone is 3. The van der Waals surface area contributed by atoms with Crippen LogP contribution in [0.5, 0.6) is 0 Å². The third-order valence-electron chi connectivity index (χ3n) is 2.60. The predicted molar refractivity (Wildman–Crippen MR) is 81.2 cm³/mol. The van der Waals surface area contributed by atoms with Crippen molar-refractivity contribution in [1.82, 2.24) is 4.90 Å². The predicted octanol–water partition coefficient (Wildman–Crippen LogP) is 5.17. The summed E-state index contributed by atoms with van der Waals surface area (Å²) >= 11 is 0. The van der Waals surface area contributed by atoms with Crippen LogP contribution in [0.4, 0.5) is 0 Å². The fraction of sp³-hybridized carbons (Fsp3) is 0.625. The van der Waals surface area contributed by atoms with E-state index in [1.807, 2.05) is 27.7 Å². The van der Waals surface area contributed by atoms with E-state index in [2.05, 4.69) is 51.3 Å². The van der Waals surface area contributed by atoms with E-state index in [-0.39, 0.29) is 0 Å². The Labute approximate surface area is 109 Å². The highest BCUT2D eigenvalue weighted by Crippen LogP contribution is 2.31. The van der Waals surface area contributed by atoms with Crippen LogP contribution in [0.2, 0.25) is 0 Å². The van der Waals surface area contributed by atoms with Gasteiger partial charge in [0.2, 0.25) is 0 Å². The highest BCUT2D eigenvalue weighted by atomic mass is 15.2. The molecule has 1 aliphatic heterocycles. The summed E-state index contributed by atoms with van der Waals surface area (Å²) < 4.78 is 0. The molecule has 0 aliphatic carbocycles. The summed E-state index contributed by atoms with van der Waals surface area (Å²) in [6.07, 6.45) is 4.34. The lowest BCUT2D eigenvalue weighted by atomic mass is 10.1. The first kappa shape index (κ1) is 18.4. The van der Waals surface area contributed by atoms with Crippen LogP contribution in [0.15, 0.2) is 35.6 Å². The number of hydrogen-bond acceptors (Lipinski definition) is 1. The Balaban J connectivity index is 0. The lowest BCUT2D eigenvalue weighted by molar-refractivity contribution is 0.337. The Hall–Kier alpha value is -0.980. The van der Waals surface area contributed by atoms with Crippen molar-refractivity contribution < 1.29 is 0 Å². The minimum Gasteiger partial charge on any atom is -0.365 e.